The zero-order valence-electron chi connectivity index (χ0n) is 10.4. The van der Waals surface area contributed by atoms with Gasteiger partial charge in [-0.25, -0.2) is 0 Å². The number of carbonyl (C=O) groups is 1. The molecule has 0 fully saturated rings. The number of rotatable bonds is 5. The van der Waals surface area contributed by atoms with E-state index in [-0.39, 0.29) is 5.91 Å². The molecular weight excluding hydrogens is 282 g/mol. The third-order valence-electron chi connectivity index (χ3n) is 2.22. The molecule has 1 amide bonds. The number of amides is 1. The number of hydrogen-bond donors (Lipinski definition) is 1. The molecule has 94 valence electrons. The molecule has 0 aliphatic carbocycles. The Morgan fingerprint density at radius 1 is 1.35 bits per heavy atom. The van der Waals surface area contributed by atoms with Gasteiger partial charge in [0, 0.05) is 0 Å². The number of halogens is 1. The minimum Gasteiger partial charge on any atom is -0.492 e. The Kier molecular flexibility index (Phi) is 5.00. The molecule has 4 heteroatoms. The summed E-state index contributed by atoms with van der Waals surface area (Å²) in [6.45, 7) is 6.62. The molecule has 0 saturated heterocycles. The number of carbonyl (C=O) groups excluding carboxylic acids is 1. The average Bonchev–Trinajstić information content (AvgIpc) is 2.25. The molecule has 1 aromatic carbocycles. The van der Waals surface area contributed by atoms with Gasteiger partial charge in [-0.15, -0.1) is 0 Å². The molecule has 1 N–H and O–H groups in total. The van der Waals surface area contributed by atoms with Crippen LogP contribution in [0.5, 0.6) is 5.75 Å². The number of hydrogen-bond acceptors (Lipinski definition) is 2. The Balaban J connectivity index is 2.25. The van der Waals surface area contributed by atoms with Crippen LogP contribution in [0.15, 0.2) is 24.3 Å². The van der Waals surface area contributed by atoms with E-state index in [9.17, 15) is 4.79 Å². The van der Waals surface area contributed by atoms with Crippen LogP contribution in [-0.4, -0.2) is 23.4 Å². The summed E-state index contributed by atoms with van der Waals surface area (Å²) in [4.78, 5) is 11.5. The van der Waals surface area contributed by atoms with E-state index in [0.29, 0.717) is 13.2 Å². The fourth-order valence-electron chi connectivity index (χ4n) is 1.18. The van der Waals surface area contributed by atoms with E-state index in [0.717, 1.165) is 5.75 Å². The summed E-state index contributed by atoms with van der Waals surface area (Å²) in [7, 11) is 0. The molecule has 0 saturated carbocycles. The normalized spacial score (nSPS) is 11.1. The highest BCUT2D eigenvalue weighted by atomic mass is 79.9. The van der Waals surface area contributed by atoms with Crippen molar-refractivity contribution in [3.05, 3.63) is 29.8 Å². The van der Waals surface area contributed by atoms with Crippen molar-refractivity contribution in [3.8, 4) is 5.75 Å². The largest absolute Gasteiger partial charge is 0.492 e. The van der Waals surface area contributed by atoms with Crippen molar-refractivity contribution in [1.29, 1.82) is 0 Å². The summed E-state index contributed by atoms with van der Waals surface area (Å²) in [6.07, 6.45) is 0. The first kappa shape index (κ1) is 14.0. The van der Waals surface area contributed by atoms with Gasteiger partial charge in [-0.1, -0.05) is 33.6 Å². The zero-order chi connectivity index (χ0) is 12.9. The average molecular weight is 300 g/mol. The third kappa shape index (κ3) is 5.22. The third-order valence-corrected chi connectivity index (χ3v) is 2.58. The van der Waals surface area contributed by atoms with Crippen molar-refractivity contribution in [2.45, 2.75) is 25.1 Å². The Morgan fingerprint density at radius 2 is 1.94 bits per heavy atom. The van der Waals surface area contributed by atoms with Crippen LogP contribution in [-0.2, 0) is 4.79 Å². The fourth-order valence-corrected chi connectivity index (χ4v) is 1.32. The monoisotopic (exact) mass is 299 g/mol. The molecule has 0 radical (unpaired) electrons. The molecule has 1 rings (SSSR count). The van der Waals surface area contributed by atoms with Crippen LogP contribution in [0.4, 0.5) is 0 Å². The highest BCUT2D eigenvalue weighted by Gasteiger charge is 2.22. The van der Waals surface area contributed by atoms with Crippen molar-refractivity contribution in [2.75, 3.05) is 13.2 Å². The van der Waals surface area contributed by atoms with E-state index < -0.39 is 4.32 Å². The van der Waals surface area contributed by atoms with Crippen LogP contribution in [0.1, 0.15) is 19.4 Å². The van der Waals surface area contributed by atoms with Gasteiger partial charge in [0.2, 0.25) is 5.91 Å². The summed E-state index contributed by atoms with van der Waals surface area (Å²) < 4.78 is 4.96. The molecule has 0 bridgehead atoms. The van der Waals surface area contributed by atoms with E-state index in [1.165, 1.54) is 5.56 Å². The minimum absolute atomic E-state index is 0.0370. The van der Waals surface area contributed by atoms with Crippen molar-refractivity contribution in [1.82, 2.24) is 5.32 Å². The highest BCUT2D eigenvalue weighted by molar-refractivity contribution is 9.10. The molecule has 3 nitrogen and oxygen atoms in total. The van der Waals surface area contributed by atoms with Gasteiger partial charge >= 0.3 is 0 Å². The summed E-state index contributed by atoms with van der Waals surface area (Å²) >= 11 is 3.30. The smallest absolute Gasteiger partial charge is 0.236 e. The number of aryl methyl sites for hydroxylation is 1. The van der Waals surface area contributed by atoms with Gasteiger partial charge in [-0.2, -0.15) is 0 Å². The van der Waals surface area contributed by atoms with Crippen LogP contribution < -0.4 is 10.1 Å². The molecule has 1 aromatic rings. The molecule has 0 heterocycles. The van der Waals surface area contributed by atoms with Gasteiger partial charge in [0.25, 0.3) is 0 Å². The minimum atomic E-state index is -0.531. The van der Waals surface area contributed by atoms with Gasteiger partial charge in [-0.3, -0.25) is 4.79 Å². The second-order valence-electron chi connectivity index (χ2n) is 4.39. The Labute approximate surface area is 111 Å². The van der Waals surface area contributed by atoms with E-state index in [2.05, 4.69) is 21.2 Å². The molecule has 0 spiro atoms. The number of alkyl halides is 1. The lowest BCUT2D eigenvalue weighted by molar-refractivity contribution is -0.122. The first-order valence-electron chi connectivity index (χ1n) is 5.56. The number of ether oxygens (including phenoxy) is 1. The summed E-state index contributed by atoms with van der Waals surface area (Å²) in [5, 5.41) is 2.79. The van der Waals surface area contributed by atoms with Crippen molar-refractivity contribution >= 4 is 21.8 Å². The lowest BCUT2D eigenvalue weighted by Gasteiger charge is -2.15. The number of benzene rings is 1. The fraction of sp³-hybridized carbons (Fsp3) is 0.462. The Morgan fingerprint density at radius 3 is 2.47 bits per heavy atom. The Hall–Kier alpha value is -1.03. The molecule has 0 aromatic heterocycles. The zero-order valence-corrected chi connectivity index (χ0v) is 12.0. The predicted octanol–water partition coefficient (Wildman–Crippen LogP) is 2.66. The Bertz CT molecular complexity index is 368. The van der Waals surface area contributed by atoms with Crippen LogP contribution in [0.3, 0.4) is 0 Å². The van der Waals surface area contributed by atoms with Crippen LogP contribution in [0, 0.1) is 6.92 Å². The molecule has 0 atom stereocenters. The number of nitrogens with one attached hydrogen (secondary N) is 1. The second-order valence-corrected chi connectivity index (χ2v) is 6.37. The van der Waals surface area contributed by atoms with Gasteiger partial charge in [0.05, 0.1) is 10.9 Å². The quantitative estimate of drug-likeness (QED) is 0.670. The molecule has 0 aliphatic rings. The molecular formula is C13H18BrNO2. The van der Waals surface area contributed by atoms with Gasteiger partial charge in [-0.05, 0) is 32.9 Å². The van der Waals surface area contributed by atoms with Crippen molar-refractivity contribution in [2.24, 2.45) is 0 Å². The van der Waals surface area contributed by atoms with E-state index in [1.807, 2.05) is 45.0 Å². The van der Waals surface area contributed by atoms with Crippen molar-refractivity contribution < 1.29 is 9.53 Å². The SMILES string of the molecule is Cc1ccc(OCCNC(=O)C(C)(C)Br)cc1. The van der Waals surface area contributed by atoms with Crippen molar-refractivity contribution in [3.63, 3.8) is 0 Å². The second kappa shape index (κ2) is 6.05. The standard InChI is InChI=1S/C13H18BrNO2/c1-10-4-6-11(7-5-10)17-9-8-15-12(16)13(2,3)14/h4-7H,8-9H2,1-3H3,(H,15,16). The van der Waals surface area contributed by atoms with E-state index >= 15 is 0 Å². The van der Waals surface area contributed by atoms with E-state index in [4.69, 9.17) is 4.74 Å². The van der Waals surface area contributed by atoms with Gasteiger partial charge in [0.15, 0.2) is 0 Å². The molecule has 17 heavy (non-hydrogen) atoms. The van der Waals surface area contributed by atoms with E-state index in [1.54, 1.807) is 0 Å². The van der Waals surface area contributed by atoms with Crippen LogP contribution >= 0.6 is 15.9 Å². The maximum absolute atomic E-state index is 11.5. The maximum Gasteiger partial charge on any atom is 0.236 e. The first-order chi connectivity index (χ1) is 7.89. The van der Waals surface area contributed by atoms with Gasteiger partial charge < -0.3 is 10.1 Å². The topological polar surface area (TPSA) is 38.3 Å². The first-order valence-corrected chi connectivity index (χ1v) is 6.35. The summed E-state index contributed by atoms with van der Waals surface area (Å²) in [5.74, 6) is 0.785. The predicted molar refractivity (Wildman–Crippen MR) is 72.7 cm³/mol. The highest BCUT2D eigenvalue weighted by Crippen LogP contribution is 2.15. The lowest BCUT2D eigenvalue weighted by atomic mass is 10.2. The van der Waals surface area contributed by atoms with Crippen LogP contribution in [0.2, 0.25) is 0 Å². The lowest BCUT2D eigenvalue weighted by Crippen LogP contribution is -2.39. The molecule has 0 unspecified atom stereocenters. The summed E-state index contributed by atoms with van der Waals surface area (Å²) in [6, 6.07) is 7.84. The van der Waals surface area contributed by atoms with Gasteiger partial charge in [0.1, 0.15) is 12.4 Å². The van der Waals surface area contributed by atoms with Crippen LogP contribution in [0.25, 0.3) is 0 Å². The maximum atomic E-state index is 11.5. The molecule has 0 aliphatic heterocycles. The summed E-state index contributed by atoms with van der Waals surface area (Å²) in [5.41, 5.74) is 1.20.